The Labute approximate surface area is 90.9 Å². The van der Waals surface area contributed by atoms with E-state index in [0.29, 0.717) is 18.4 Å². The highest BCUT2D eigenvalue weighted by atomic mass is 16.5. The number of amidine groups is 1. The van der Waals surface area contributed by atoms with Crippen molar-refractivity contribution in [2.24, 2.45) is 10.9 Å². The third-order valence-electron chi connectivity index (χ3n) is 2.64. The largest absolute Gasteiger partial charge is 0.409 e. The van der Waals surface area contributed by atoms with E-state index in [4.69, 9.17) is 15.7 Å². The van der Waals surface area contributed by atoms with Crippen LogP contribution in [0.1, 0.15) is 25.7 Å². The van der Waals surface area contributed by atoms with Crippen LogP contribution in [0, 0.1) is 0 Å². The quantitative estimate of drug-likeness (QED) is 0.295. The van der Waals surface area contributed by atoms with E-state index in [1.165, 1.54) is 12.8 Å². The number of rotatable bonds is 6. The molecule has 15 heavy (non-hydrogen) atoms. The molecule has 5 heteroatoms. The van der Waals surface area contributed by atoms with E-state index >= 15 is 0 Å². The molecule has 1 atom stereocenters. The SMILES string of the molecule is CN(CCCC(N)=NO)CC1CCCO1. The molecular weight excluding hydrogens is 194 g/mol. The number of ether oxygens (including phenoxy) is 1. The van der Waals surface area contributed by atoms with Gasteiger partial charge in [0.25, 0.3) is 0 Å². The molecule has 0 bridgehead atoms. The molecule has 1 heterocycles. The summed E-state index contributed by atoms with van der Waals surface area (Å²) in [6, 6.07) is 0. The fourth-order valence-electron chi connectivity index (χ4n) is 1.81. The van der Waals surface area contributed by atoms with E-state index < -0.39 is 0 Å². The van der Waals surface area contributed by atoms with Crippen LogP contribution in [0.25, 0.3) is 0 Å². The Morgan fingerprint density at radius 2 is 2.47 bits per heavy atom. The molecule has 3 N–H and O–H groups in total. The van der Waals surface area contributed by atoms with E-state index in [0.717, 1.165) is 26.1 Å². The van der Waals surface area contributed by atoms with Crippen molar-refractivity contribution in [1.82, 2.24) is 4.90 Å². The number of oxime groups is 1. The van der Waals surface area contributed by atoms with Gasteiger partial charge in [-0.3, -0.25) is 0 Å². The van der Waals surface area contributed by atoms with Crippen LogP contribution in [0.3, 0.4) is 0 Å². The Hall–Kier alpha value is -0.810. The van der Waals surface area contributed by atoms with Gasteiger partial charge in [-0.1, -0.05) is 5.16 Å². The molecule has 1 aliphatic heterocycles. The molecule has 0 aromatic carbocycles. The normalized spacial score (nSPS) is 22.5. The maximum atomic E-state index is 8.36. The van der Waals surface area contributed by atoms with Gasteiger partial charge in [0.05, 0.1) is 6.10 Å². The van der Waals surface area contributed by atoms with E-state index in [9.17, 15) is 0 Å². The van der Waals surface area contributed by atoms with Gasteiger partial charge in [-0.25, -0.2) is 0 Å². The highest BCUT2D eigenvalue weighted by Crippen LogP contribution is 2.12. The number of nitrogens with zero attached hydrogens (tertiary/aromatic N) is 2. The fraction of sp³-hybridized carbons (Fsp3) is 0.900. The van der Waals surface area contributed by atoms with E-state index in [-0.39, 0.29) is 0 Å². The van der Waals surface area contributed by atoms with Crippen LogP contribution in [-0.4, -0.2) is 48.8 Å². The van der Waals surface area contributed by atoms with Crippen molar-refractivity contribution >= 4 is 5.84 Å². The van der Waals surface area contributed by atoms with Crippen molar-refractivity contribution < 1.29 is 9.94 Å². The van der Waals surface area contributed by atoms with Crippen LogP contribution >= 0.6 is 0 Å². The number of likely N-dealkylation sites (N-methyl/N-ethyl adjacent to an activating group) is 1. The smallest absolute Gasteiger partial charge is 0.139 e. The molecular formula is C10H21N3O2. The van der Waals surface area contributed by atoms with Crippen LogP contribution < -0.4 is 5.73 Å². The summed E-state index contributed by atoms with van der Waals surface area (Å²) in [5.41, 5.74) is 5.38. The van der Waals surface area contributed by atoms with E-state index in [1.54, 1.807) is 0 Å². The van der Waals surface area contributed by atoms with Gasteiger partial charge in [-0.2, -0.15) is 0 Å². The lowest BCUT2D eigenvalue weighted by atomic mass is 10.2. The molecule has 1 aliphatic rings. The third-order valence-corrected chi connectivity index (χ3v) is 2.64. The van der Waals surface area contributed by atoms with E-state index in [2.05, 4.69) is 17.1 Å². The number of nitrogens with two attached hydrogens (primary N) is 1. The van der Waals surface area contributed by atoms with Gasteiger partial charge in [0.15, 0.2) is 0 Å². The van der Waals surface area contributed by atoms with Crippen molar-refractivity contribution in [3.63, 3.8) is 0 Å². The Kier molecular flexibility index (Phi) is 5.42. The molecule has 0 radical (unpaired) electrons. The third kappa shape index (κ3) is 4.99. The first-order valence-corrected chi connectivity index (χ1v) is 5.49. The standard InChI is InChI=1S/C10H21N3O2/c1-13(6-2-5-10(11)12-14)8-9-4-3-7-15-9/h9,14H,2-8H2,1H3,(H2,11,12). The first-order chi connectivity index (χ1) is 7.22. The maximum absolute atomic E-state index is 8.36. The zero-order valence-corrected chi connectivity index (χ0v) is 9.35. The Bertz CT molecular complexity index is 203. The average Bonchev–Trinajstić information content (AvgIpc) is 2.70. The van der Waals surface area contributed by atoms with Gasteiger partial charge in [0, 0.05) is 19.6 Å². The van der Waals surface area contributed by atoms with Gasteiger partial charge in [0.1, 0.15) is 5.84 Å². The summed E-state index contributed by atoms with van der Waals surface area (Å²) in [5, 5.41) is 11.3. The zero-order valence-electron chi connectivity index (χ0n) is 9.35. The second-order valence-electron chi connectivity index (χ2n) is 4.09. The van der Waals surface area contributed by atoms with E-state index in [1.807, 2.05) is 0 Å². The van der Waals surface area contributed by atoms with Crippen molar-refractivity contribution in [2.45, 2.75) is 31.8 Å². The molecule has 0 saturated carbocycles. The average molecular weight is 215 g/mol. The lowest BCUT2D eigenvalue weighted by Gasteiger charge is -2.20. The predicted octanol–water partition coefficient (Wildman–Crippen LogP) is 0.624. The highest BCUT2D eigenvalue weighted by molar-refractivity contribution is 5.79. The van der Waals surface area contributed by atoms with Crippen molar-refractivity contribution in [1.29, 1.82) is 0 Å². The van der Waals surface area contributed by atoms with Gasteiger partial charge in [-0.05, 0) is 32.9 Å². The monoisotopic (exact) mass is 215 g/mol. The molecule has 0 aromatic heterocycles. The Balaban J connectivity index is 2.05. The second-order valence-corrected chi connectivity index (χ2v) is 4.09. The summed E-state index contributed by atoms with van der Waals surface area (Å²) in [6.45, 7) is 2.84. The van der Waals surface area contributed by atoms with Crippen LogP contribution in [-0.2, 0) is 4.74 Å². The second kappa shape index (κ2) is 6.63. The molecule has 1 fully saturated rings. The molecule has 1 saturated heterocycles. The fourth-order valence-corrected chi connectivity index (χ4v) is 1.81. The highest BCUT2D eigenvalue weighted by Gasteiger charge is 2.16. The molecule has 0 aliphatic carbocycles. The lowest BCUT2D eigenvalue weighted by Crippen LogP contribution is -2.30. The minimum Gasteiger partial charge on any atom is -0.409 e. The van der Waals surface area contributed by atoms with Gasteiger partial charge in [0.2, 0.25) is 0 Å². The molecule has 88 valence electrons. The molecule has 0 spiro atoms. The van der Waals surface area contributed by atoms with Crippen molar-refractivity contribution in [3.8, 4) is 0 Å². The summed E-state index contributed by atoms with van der Waals surface area (Å²) < 4.78 is 5.54. The zero-order chi connectivity index (χ0) is 11.1. The van der Waals surface area contributed by atoms with Crippen molar-refractivity contribution in [3.05, 3.63) is 0 Å². The molecule has 5 nitrogen and oxygen atoms in total. The number of hydrogen-bond donors (Lipinski definition) is 2. The lowest BCUT2D eigenvalue weighted by molar-refractivity contribution is 0.0811. The first-order valence-electron chi connectivity index (χ1n) is 5.49. The minimum absolute atomic E-state index is 0.306. The molecule has 1 rings (SSSR count). The summed E-state index contributed by atoms with van der Waals surface area (Å²) in [7, 11) is 2.08. The topological polar surface area (TPSA) is 71.1 Å². The first kappa shape index (κ1) is 12.3. The summed E-state index contributed by atoms with van der Waals surface area (Å²) in [5.74, 6) is 0.306. The van der Waals surface area contributed by atoms with Crippen LogP contribution in [0.4, 0.5) is 0 Å². The van der Waals surface area contributed by atoms with Crippen LogP contribution in [0.5, 0.6) is 0 Å². The molecule has 0 aromatic rings. The number of hydrogen-bond acceptors (Lipinski definition) is 4. The predicted molar refractivity (Wildman–Crippen MR) is 59.1 cm³/mol. The minimum atomic E-state index is 0.306. The van der Waals surface area contributed by atoms with Crippen LogP contribution in [0.2, 0.25) is 0 Å². The van der Waals surface area contributed by atoms with Crippen molar-refractivity contribution in [2.75, 3.05) is 26.7 Å². The summed E-state index contributed by atoms with van der Waals surface area (Å²) in [4.78, 5) is 2.24. The Morgan fingerprint density at radius 1 is 1.67 bits per heavy atom. The maximum Gasteiger partial charge on any atom is 0.139 e. The van der Waals surface area contributed by atoms with Gasteiger partial charge in [-0.15, -0.1) is 0 Å². The van der Waals surface area contributed by atoms with Gasteiger partial charge >= 0.3 is 0 Å². The summed E-state index contributed by atoms with van der Waals surface area (Å²) in [6.07, 6.45) is 4.32. The van der Waals surface area contributed by atoms with Crippen LogP contribution in [0.15, 0.2) is 5.16 Å². The molecule has 1 unspecified atom stereocenters. The van der Waals surface area contributed by atoms with Gasteiger partial charge < -0.3 is 20.6 Å². The summed E-state index contributed by atoms with van der Waals surface area (Å²) >= 11 is 0. The Morgan fingerprint density at radius 3 is 3.07 bits per heavy atom. The molecule has 0 amide bonds.